The molecule has 0 heterocycles. The Kier molecular flexibility index (Phi) is 4.95. The van der Waals surface area contributed by atoms with Crippen molar-refractivity contribution in [1.29, 1.82) is 0 Å². The molecule has 108 valence electrons. The maximum absolute atomic E-state index is 12.0. The molecule has 0 radical (unpaired) electrons. The molecule has 0 saturated carbocycles. The maximum atomic E-state index is 12.0. The Hall–Kier alpha value is -1.11. The molecule has 19 heavy (non-hydrogen) atoms. The first-order chi connectivity index (χ1) is 8.60. The zero-order valence-electron chi connectivity index (χ0n) is 11.8. The molecule has 0 unspecified atom stereocenters. The highest BCUT2D eigenvalue weighted by atomic mass is 32.2. The molecule has 5 nitrogen and oxygen atoms in total. The van der Waals surface area contributed by atoms with Crippen molar-refractivity contribution in [2.45, 2.75) is 44.2 Å². The van der Waals surface area contributed by atoms with Gasteiger partial charge in [-0.15, -0.1) is 0 Å². The SMILES string of the molecule is CC(C)Oc1ccc(S(=O)(=O)NCC(C)(C)N)cc1. The van der Waals surface area contributed by atoms with E-state index in [1.807, 2.05) is 13.8 Å². The van der Waals surface area contributed by atoms with Crippen LogP contribution in [0.1, 0.15) is 27.7 Å². The molecule has 0 aliphatic carbocycles. The smallest absolute Gasteiger partial charge is 0.240 e. The topological polar surface area (TPSA) is 81.4 Å². The Morgan fingerprint density at radius 1 is 1.26 bits per heavy atom. The van der Waals surface area contributed by atoms with Crippen molar-refractivity contribution >= 4 is 10.0 Å². The summed E-state index contributed by atoms with van der Waals surface area (Å²) in [7, 11) is -3.52. The number of rotatable bonds is 6. The van der Waals surface area contributed by atoms with Crippen molar-refractivity contribution in [3.8, 4) is 5.75 Å². The van der Waals surface area contributed by atoms with Crippen LogP contribution in [0.3, 0.4) is 0 Å². The third-order valence-electron chi connectivity index (χ3n) is 2.22. The van der Waals surface area contributed by atoms with Crippen LogP contribution in [0, 0.1) is 0 Å². The van der Waals surface area contributed by atoms with Crippen molar-refractivity contribution < 1.29 is 13.2 Å². The minimum Gasteiger partial charge on any atom is -0.491 e. The van der Waals surface area contributed by atoms with E-state index in [1.54, 1.807) is 26.0 Å². The lowest BCUT2D eigenvalue weighted by Gasteiger charge is -2.19. The first kappa shape index (κ1) is 15.9. The van der Waals surface area contributed by atoms with Crippen LogP contribution in [-0.4, -0.2) is 26.6 Å². The number of hydrogen-bond donors (Lipinski definition) is 2. The molecule has 0 aliphatic heterocycles. The second-order valence-electron chi connectivity index (χ2n) is 5.45. The Morgan fingerprint density at radius 2 is 1.79 bits per heavy atom. The van der Waals surface area contributed by atoms with Crippen LogP contribution in [0.5, 0.6) is 5.75 Å². The fourth-order valence-corrected chi connectivity index (χ4v) is 2.56. The first-order valence-electron chi connectivity index (χ1n) is 6.15. The monoisotopic (exact) mass is 286 g/mol. The molecule has 0 atom stereocenters. The van der Waals surface area contributed by atoms with Gasteiger partial charge >= 0.3 is 0 Å². The van der Waals surface area contributed by atoms with E-state index >= 15 is 0 Å². The molecule has 0 aromatic heterocycles. The minimum atomic E-state index is -3.52. The Balaban J connectivity index is 2.79. The second-order valence-corrected chi connectivity index (χ2v) is 7.22. The summed E-state index contributed by atoms with van der Waals surface area (Å²) in [4.78, 5) is 0.202. The van der Waals surface area contributed by atoms with Gasteiger partial charge in [0.2, 0.25) is 10.0 Å². The van der Waals surface area contributed by atoms with Gasteiger partial charge in [0, 0.05) is 12.1 Å². The lowest BCUT2D eigenvalue weighted by atomic mass is 10.1. The molecule has 1 aromatic carbocycles. The Bertz CT molecular complexity index is 502. The summed E-state index contributed by atoms with van der Waals surface area (Å²) in [5.41, 5.74) is 5.16. The number of sulfonamides is 1. The average Bonchev–Trinajstić information content (AvgIpc) is 2.26. The number of hydrogen-bond acceptors (Lipinski definition) is 4. The van der Waals surface area contributed by atoms with E-state index in [1.165, 1.54) is 12.1 Å². The summed E-state index contributed by atoms with van der Waals surface area (Å²) in [5, 5.41) is 0. The molecule has 0 saturated heterocycles. The lowest BCUT2D eigenvalue weighted by molar-refractivity contribution is 0.242. The van der Waals surface area contributed by atoms with E-state index in [-0.39, 0.29) is 17.5 Å². The fraction of sp³-hybridized carbons (Fsp3) is 0.538. The largest absolute Gasteiger partial charge is 0.491 e. The number of benzene rings is 1. The van der Waals surface area contributed by atoms with Gasteiger partial charge in [-0.05, 0) is 52.0 Å². The van der Waals surface area contributed by atoms with Gasteiger partial charge in [0.05, 0.1) is 11.0 Å². The van der Waals surface area contributed by atoms with E-state index in [0.29, 0.717) is 5.75 Å². The number of nitrogens with two attached hydrogens (primary N) is 1. The molecule has 6 heteroatoms. The van der Waals surface area contributed by atoms with E-state index in [2.05, 4.69) is 4.72 Å². The van der Waals surface area contributed by atoms with Crippen LogP contribution < -0.4 is 15.2 Å². The maximum Gasteiger partial charge on any atom is 0.240 e. The zero-order valence-corrected chi connectivity index (χ0v) is 12.6. The molecule has 1 aromatic rings. The van der Waals surface area contributed by atoms with Gasteiger partial charge in [-0.25, -0.2) is 13.1 Å². The van der Waals surface area contributed by atoms with E-state index in [0.717, 1.165) is 0 Å². The van der Waals surface area contributed by atoms with E-state index < -0.39 is 15.6 Å². The summed E-state index contributed by atoms with van der Waals surface area (Å²) in [6.07, 6.45) is 0.0543. The molecule has 0 amide bonds. The average molecular weight is 286 g/mol. The summed E-state index contributed by atoms with van der Waals surface area (Å²) >= 11 is 0. The van der Waals surface area contributed by atoms with Gasteiger partial charge in [-0.3, -0.25) is 0 Å². The van der Waals surface area contributed by atoms with Gasteiger partial charge in [-0.2, -0.15) is 0 Å². The summed E-state index contributed by atoms with van der Waals surface area (Å²) in [5.74, 6) is 0.646. The molecule has 0 fully saturated rings. The highest BCUT2D eigenvalue weighted by molar-refractivity contribution is 7.89. The van der Waals surface area contributed by atoms with Crippen LogP contribution in [0.25, 0.3) is 0 Å². The van der Waals surface area contributed by atoms with Crippen molar-refractivity contribution in [3.63, 3.8) is 0 Å². The van der Waals surface area contributed by atoms with Crippen molar-refractivity contribution in [3.05, 3.63) is 24.3 Å². The van der Waals surface area contributed by atoms with E-state index in [4.69, 9.17) is 10.5 Å². The molecule has 1 rings (SSSR count). The van der Waals surface area contributed by atoms with Crippen molar-refractivity contribution in [1.82, 2.24) is 4.72 Å². The van der Waals surface area contributed by atoms with Gasteiger partial charge < -0.3 is 10.5 Å². The summed E-state index contributed by atoms with van der Waals surface area (Å²) in [6, 6.07) is 6.32. The predicted octanol–water partition coefficient (Wildman–Crippen LogP) is 1.49. The van der Waals surface area contributed by atoms with Gasteiger partial charge in [0.1, 0.15) is 5.75 Å². The minimum absolute atomic E-state index is 0.0543. The molecule has 0 aliphatic rings. The molecule has 0 spiro atoms. The number of ether oxygens (including phenoxy) is 1. The normalized spacial score (nSPS) is 12.7. The second kappa shape index (κ2) is 5.90. The van der Waals surface area contributed by atoms with Crippen molar-refractivity contribution in [2.24, 2.45) is 5.73 Å². The molecule has 0 bridgehead atoms. The van der Waals surface area contributed by atoms with Crippen LogP contribution in [-0.2, 0) is 10.0 Å². The summed E-state index contributed by atoms with van der Waals surface area (Å²) in [6.45, 7) is 7.52. The highest BCUT2D eigenvalue weighted by Gasteiger charge is 2.18. The third kappa shape index (κ3) is 5.59. The molecule has 3 N–H and O–H groups in total. The third-order valence-corrected chi connectivity index (χ3v) is 3.64. The Labute approximate surface area is 115 Å². The highest BCUT2D eigenvalue weighted by Crippen LogP contribution is 2.17. The zero-order chi connectivity index (χ0) is 14.7. The van der Waals surface area contributed by atoms with Crippen LogP contribution in [0.2, 0.25) is 0 Å². The first-order valence-corrected chi connectivity index (χ1v) is 7.64. The van der Waals surface area contributed by atoms with Crippen LogP contribution in [0.4, 0.5) is 0 Å². The van der Waals surface area contributed by atoms with Crippen LogP contribution in [0.15, 0.2) is 29.2 Å². The van der Waals surface area contributed by atoms with Crippen LogP contribution >= 0.6 is 0 Å². The summed E-state index contributed by atoms with van der Waals surface area (Å²) < 4.78 is 32.0. The molecular formula is C13H22N2O3S. The van der Waals surface area contributed by atoms with Gasteiger partial charge in [0.25, 0.3) is 0 Å². The standard InChI is InChI=1S/C13H22N2O3S/c1-10(2)18-11-5-7-12(8-6-11)19(16,17)15-9-13(3,4)14/h5-8,10,15H,9,14H2,1-4H3. The van der Waals surface area contributed by atoms with Gasteiger partial charge in [-0.1, -0.05) is 0 Å². The van der Waals surface area contributed by atoms with E-state index in [9.17, 15) is 8.42 Å². The lowest BCUT2D eigenvalue weighted by Crippen LogP contribution is -2.45. The number of nitrogens with one attached hydrogen (secondary N) is 1. The van der Waals surface area contributed by atoms with Gasteiger partial charge in [0.15, 0.2) is 0 Å². The fourth-order valence-electron chi connectivity index (χ4n) is 1.33. The quantitative estimate of drug-likeness (QED) is 0.830. The predicted molar refractivity (Wildman–Crippen MR) is 75.7 cm³/mol. The Morgan fingerprint density at radius 3 is 2.21 bits per heavy atom. The van der Waals surface area contributed by atoms with Crippen molar-refractivity contribution in [2.75, 3.05) is 6.54 Å². The molecular weight excluding hydrogens is 264 g/mol.